The number of rotatable bonds is 20. The Bertz CT molecular complexity index is 1680. The zero-order valence-corrected chi connectivity index (χ0v) is 31.8. The highest BCUT2D eigenvalue weighted by Gasteiger charge is 2.36. The van der Waals surface area contributed by atoms with E-state index in [9.17, 15) is 19.5 Å². The van der Waals surface area contributed by atoms with Gasteiger partial charge in [0.15, 0.2) is 5.75 Å². The first-order chi connectivity index (χ1) is 24.7. The van der Waals surface area contributed by atoms with Crippen LogP contribution in [0.15, 0.2) is 54.6 Å². The van der Waals surface area contributed by atoms with Crippen molar-refractivity contribution in [2.75, 3.05) is 44.9 Å². The number of hydrogen-bond donors (Lipinski definition) is 3. The van der Waals surface area contributed by atoms with Crippen LogP contribution in [0.5, 0.6) is 11.5 Å². The van der Waals surface area contributed by atoms with Gasteiger partial charge in [-0.25, -0.2) is 4.79 Å². The summed E-state index contributed by atoms with van der Waals surface area (Å²) in [6.07, 6.45) is 2.39. The zero-order valence-electron chi connectivity index (χ0n) is 30.3. The lowest BCUT2D eigenvalue weighted by Gasteiger charge is -2.30. The number of halogens is 2. The highest BCUT2D eigenvalue weighted by Crippen LogP contribution is 2.35. The first-order valence-corrected chi connectivity index (χ1v) is 18.2. The number of nitrogens with zero attached hydrogens (tertiary/aromatic N) is 2. The molecule has 13 heteroatoms. The van der Waals surface area contributed by atoms with Crippen LogP contribution in [-0.4, -0.2) is 74.0 Å². The number of nitrogens with two attached hydrogens (primary N) is 2. The minimum absolute atomic E-state index is 0.0489. The van der Waals surface area contributed by atoms with Crippen LogP contribution in [0.1, 0.15) is 55.4 Å². The highest BCUT2D eigenvalue weighted by molar-refractivity contribution is 6.37. The normalized spacial score (nSPS) is 13.4. The number of carbonyl (C=O) groups excluding carboxylic acids is 2. The minimum Gasteiger partial charge on any atom is -0.490 e. The van der Waals surface area contributed by atoms with E-state index in [1.54, 1.807) is 39.2 Å². The molecule has 52 heavy (non-hydrogen) atoms. The summed E-state index contributed by atoms with van der Waals surface area (Å²) in [7, 11) is 1.63. The smallest absolute Gasteiger partial charge is 0.411 e. The van der Waals surface area contributed by atoms with Crippen molar-refractivity contribution < 1.29 is 33.7 Å². The van der Waals surface area contributed by atoms with Crippen LogP contribution < -0.4 is 25.8 Å². The van der Waals surface area contributed by atoms with Gasteiger partial charge >= 0.3 is 6.09 Å². The van der Waals surface area contributed by atoms with Crippen molar-refractivity contribution in [1.82, 2.24) is 4.90 Å². The van der Waals surface area contributed by atoms with Crippen molar-refractivity contribution in [2.24, 2.45) is 22.8 Å². The Kier molecular flexibility index (Phi) is 14.6. The number of carbonyl (C=O) groups is 3. The average Bonchev–Trinajstić information content (AvgIpc) is 3.93. The van der Waals surface area contributed by atoms with Crippen LogP contribution in [0, 0.1) is 18.3 Å². The molecule has 282 valence electrons. The molecule has 3 aromatic rings. The molecule has 1 aliphatic rings. The van der Waals surface area contributed by atoms with Crippen LogP contribution in [0.25, 0.3) is 0 Å². The highest BCUT2D eigenvalue weighted by atomic mass is 35.5. The van der Waals surface area contributed by atoms with Crippen LogP contribution in [0.4, 0.5) is 10.5 Å². The maximum absolute atomic E-state index is 14.1. The maximum Gasteiger partial charge on any atom is 0.411 e. The first-order valence-electron chi connectivity index (χ1n) is 17.4. The molecule has 1 atom stereocenters. The molecule has 4 rings (SSSR count). The van der Waals surface area contributed by atoms with Crippen LogP contribution in [0.2, 0.25) is 10.0 Å². The van der Waals surface area contributed by atoms with E-state index in [1.165, 1.54) is 0 Å². The standard InChI is InChI=1S/C39H50Cl2N4O7/c1-25-16-33(40)35(34(41)17-25)52-15-14-51-32-11-7-26(8-12-32)19-29(22-42)36(46)44(30-9-10-30)23-28-18-27(6-5-13-50-4)20-31(21-28)45(38(48)49)24-39(2,3)37(43)47/h7-8,11-12,16-18,20-21,29-30H,5-6,9-10,13-15,19,22-24,42H2,1-4H3,(H2,43,47)(H,48,49). The van der Waals surface area contributed by atoms with Crippen molar-refractivity contribution in [2.45, 2.75) is 65.5 Å². The van der Waals surface area contributed by atoms with Crippen molar-refractivity contribution in [3.63, 3.8) is 0 Å². The third kappa shape index (κ3) is 11.5. The van der Waals surface area contributed by atoms with E-state index in [2.05, 4.69) is 0 Å². The van der Waals surface area contributed by atoms with Gasteiger partial charge in [0.1, 0.15) is 19.0 Å². The molecule has 0 bridgehead atoms. The van der Waals surface area contributed by atoms with Gasteiger partial charge < -0.3 is 35.7 Å². The predicted molar refractivity (Wildman–Crippen MR) is 203 cm³/mol. The van der Waals surface area contributed by atoms with E-state index in [4.69, 9.17) is 48.9 Å². The Morgan fingerprint density at radius 3 is 2.15 bits per heavy atom. The Morgan fingerprint density at radius 2 is 1.58 bits per heavy atom. The molecule has 0 radical (unpaired) electrons. The zero-order chi connectivity index (χ0) is 38.0. The second kappa shape index (κ2) is 18.6. The number of ether oxygens (including phenoxy) is 3. The number of benzene rings is 3. The summed E-state index contributed by atoms with van der Waals surface area (Å²) in [5.41, 5.74) is 14.7. The lowest BCUT2D eigenvalue weighted by Crippen LogP contribution is -2.45. The van der Waals surface area contributed by atoms with Gasteiger partial charge in [0.25, 0.3) is 0 Å². The van der Waals surface area contributed by atoms with Gasteiger partial charge in [-0.15, -0.1) is 0 Å². The Hall–Kier alpha value is -4.03. The van der Waals surface area contributed by atoms with Gasteiger partial charge in [-0.05, 0) is 112 Å². The van der Waals surface area contributed by atoms with E-state index in [-0.39, 0.29) is 38.3 Å². The topological polar surface area (TPSA) is 158 Å². The second-order valence-corrected chi connectivity index (χ2v) is 14.8. The maximum atomic E-state index is 14.1. The van der Waals surface area contributed by atoms with Gasteiger partial charge in [0.2, 0.25) is 11.8 Å². The van der Waals surface area contributed by atoms with Crippen LogP contribution in [0.3, 0.4) is 0 Å². The fourth-order valence-corrected chi connectivity index (χ4v) is 6.61. The molecule has 0 aliphatic heterocycles. The molecular weight excluding hydrogens is 707 g/mol. The van der Waals surface area contributed by atoms with Gasteiger partial charge in [0, 0.05) is 45.1 Å². The van der Waals surface area contributed by atoms with E-state index >= 15 is 0 Å². The number of methoxy groups -OCH3 is 1. The second-order valence-electron chi connectivity index (χ2n) is 14.0. The number of anilines is 1. The van der Waals surface area contributed by atoms with E-state index in [0.29, 0.717) is 53.2 Å². The quantitative estimate of drug-likeness (QED) is 0.108. The molecule has 3 amide bonds. The Morgan fingerprint density at radius 1 is 0.942 bits per heavy atom. The molecule has 1 unspecified atom stereocenters. The Balaban J connectivity index is 1.45. The van der Waals surface area contributed by atoms with Crippen molar-refractivity contribution in [3.05, 3.63) is 86.9 Å². The van der Waals surface area contributed by atoms with Crippen molar-refractivity contribution in [3.8, 4) is 11.5 Å². The van der Waals surface area contributed by atoms with E-state index in [0.717, 1.165) is 46.4 Å². The molecule has 1 fully saturated rings. The summed E-state index contributed by atoms with van der Waals surface area (Å²) in [6.45, 7) is 6.56. The largest absolute Gasteiger partial charge is 0.490 e. The van der Waals surface area contributed by atoms with E-state index in [1.807, 2.05) is 48.2 Å². The van der Waals surface area contributed by atoms with E-state index < -0.39 is 23.3 Å². The predicted octanol–water partition coefficient (Wildman–Crippen LogP) is 6.64. The lowest BCUT2D eigenvalue weighted by molar-refractivity contribution is -0.136. The molecule has 1 saturated carbocycles. The molecule has 0 saturated heterocycles. The van der Waals surface area contributed by atoms with Gasteiger partial charge in [-0.3, -0.25) is 14.5 Å². The third-order valence-electron chi connectivity index (χ3n) is 9.02. The molecule has 0 heterocycles. The number of aryl methyl sites for hydroxylation is 2. The van der Waals surface area contributed by atoms with Crippen molar-refractivity contribution in [1.29, 1.82) is 0 Å². The van der Waals surface area contributed by atoms with Crippen LogP contribution >= 0.6 is 23.2 Å². The Labute approximate surface area is 316 Å². The SMILES string of the molecule is COCCCc1cc(CN(C(=O)C(CN)Cc2ccc(OCCOc3c(Cl)cc(C)cc3Cl)cc2)C2CC2)cc(N(CC(C)(C)C(N)=O)C(=O)O)c1. The summed E-state index contributed by atoms with van der Waals surface area (Å²) >= 11 is 12.5. The third-order valence-corrected chi connectivity index (χ3v) is 9.58. The molecule has 3 aromatic carbocycles. The summed E-state index contributed by atoms with van der Waals surface area (Å²) in [5, 5.41) is 11.1. The summed E-state index contributed by atoms with van der Waals surface area (Å²) < 4.78 is 16.8. The molecular formula is C39H50Cl2N4O7. The minimum atomic E-state index is -1.20. The number of amides is 3. The first kappa shape index (κ1) is 40.7. The molecule has 1 aliphatic carbocycles. The summed E-state index contributed by atoms with van der Waals surface area (Å²) in [6, 6.07) is 16.8. The fourth-order valence-electron chi connectivity index (χ4n) is 5.91. The molecule has 0 spiro atoms. The average molecular weight is 758 g/mol. The molecule has 5 N–H and O–H groups in total. The van der Waals surface area contributed by atoms with Crippen molar-refractivity contribution >= 4 is 46.8 Å². The molecule has 0 aromatic heterocycles. The van der Waals surface area contributed by atoms with Gasteiger partial charge in [-0.1, -0.05) is 41.4 Å². The monoisotopic (exact) mass is 756 g/mol. The number of carboxylic acid groups (broad SMARTS) is 1. The lowest BCUT2D eigenvalue weighted by atomic mass is 9.91. The van der Waals surface area contributed by atoms with Gasteiger partial charge in [0.05, 0.1) is 21.4 Å². The summed E-state index contributed by atoms with van der Waals surface area (Å²) in [5.74, 6) is -0.0317. The van der Waals surface area contributed by atoms with Gasteiger partial charge in [-0.2, -0.15) is 0 Å². The molecule has 11 nitrogen and oxygen atoms in total. The number of primary amides is 1. The number of hydrogen-bond acceptors (Lipinski definition) is 7. The van der Waals surface area contributed by atoms with Crippen LogP contribution in [-0.2, 0) is 33.7 Å². The fraction of sp³-hybridized carbons (Fsp3) is 0.462. The summed E-state index contributed by atoms with van der Waals surface area (Å²) in [4.78, 5) is 41.7.